The minimum Gasteiger partial charge on any atom is -0.373 e. The van der Waals surface area contributed by atoms with E-state index in [9.17, 15) is 18.8 Å². The number of amides is 2. The normalized spacial score (nSPS) is 23.1. The Hall–Kier alpha value is -4.36. The van der Waals surface area contributed by atoms with Crippen LogP contribution >= 0.6 is 15.9 Å². The third-order valence-electron chi connectivity index (χ3n) is 9.68. The molecule has 1 aliphatic carbocycles. The first-order valence-corrected chi connectivity index (χ1v) is 16.9. The van der Waals surface area contributed by atoms with Crippen molar-refractivity contribution in [3.05, 3.63) is 76.1 Å². The van der Waals surface area contributed by atoms with E-state index in [2.05, 4.69) is 47.4 Å². The summed E-state index contributed by atoms with van der Waals surface area (Å²) in [5, 5.41) is 7.97. The molecule has 4 aromatic rings. The number of allylic oxidation sites excluding steroid dienone is 1. The molecule has 248 valence electrons. The van der Waals surface area contributed by atoms with Crippen LogP contribution in [0, 0.1) is 12.3 Å². The number of alkyl halides is 1. The fourth-order valence-corrected chi connectivity index (χ4v) is 7.57. The fraction of sp³-hybridized carbons (Fsp3) is 0.400. The summed E-state index contributed by atoms with van der Waals surface area (Å²) < 4.78 is 22.5. The molecular weight excluding hydrogens is 681 g/mol. The Labute approximate surface area is 285 Å². The Morgan fingerprint density at radius 1 is 1.15 bits per heavy atom. The van der Waals surface area contributed by atoms with Gasteiger partial charge in [-0.1, -0.05) is 18.2 Å². The van der Waals surface area contributed by atoms with Crippen LogP contribution in [-0.4, -0.2) is 65.9 Å². The van der Waals surface area contributed by atoms with Gasteiger partial charge < -0.3 is 15.0 Å². The predicted octanol–water partition coefficient (Wildman–Crippen LogP) is 5.89. The lowest BCUT2D eigenvalue weighted by atomic mass is 9.93. The molecule has 3 atom stereocenters. The summed E-state index contributed by atoms with van der Waals surface area (Å²) in [6.45, 7) is 2.80. The molecule has 11 nitrogen and oxygen atoms in total. The molecular formula is C35H35BrFN7O4. The molecule has 48 heavy (non-hydrogen) atoms. The first-order chi connectivity index (χ1) is 23.2. The molecule has 7 rings (SSSR count). The fourth-order valence-electron chi connectivity index (χ4n) is 7.26. The molecule has 1 saturated carbocycles. The number of aromatic nitrogens is 5. The number of rotatable bonds is 5. The first kappa shape index (κ1) is 32.2. The Bertz CT molecular complexity index is 1960. The van der Waals surface area contributed by atoms with Gasteiger partial charge in [-0.3, -0.25) is 19.1 Å². The number of piperidine rings is 1. The van der Waals surface area contributed by atoms with Gasteiger partial charge in [0.1, 0.15) is 41.2 Å². The van der Waals surface area contributed by atoms with Gasteiger partial charge in [0.15, 0.2) is 5.78 Å². The number of carbonyl (C=O) groups is 3. The van der Waals surface area contributed by atoms with Crippen molar-refractivity contribution in [2.24, 2.45) is 5.41 Å². The maximum absolute atomic E-state index is 14.7. The van der Waals surface area contributed by atoms with Crippen LogP contribution in [0.5, 0.6) is 0 Å². The molecule has 2 fully saturated rings. The average molecular weight is 717 g/mol. The molecule has 2 bridgehead atoms. The van der Waals surface area contributed by atoms with Crippen molar-refractivity contribution in [1.29, 1.82) is 0 Å². The molecule has 13 heteroatoms. The predicted molar refractivity (Wildman–Crippen MR) is 180 cm³/mol. The van der Waals surface area contributed by atoms with Crippen molar-refractivity contribution in [2.45, 2.75) is 77.9 Å². The topological polar surface area (TPSA) is 132 Å². The number of hydrogen-bond acceptors (Lipinski definition) is 8. The lowest BCUT2D eigenvalue weighted by molar-refractivity contribution is -0.138. The smallest absolute Gasteiger partial charge is 0.248 e. The Morgan fingerprint density at radius 3 is 2.73 bits per heavy atom. The van der Waals surface area contributed by atoms with Gasteiger partial charge in [0, 0.05) is 47.4 Å². The van der Waals surface area contributed by atoms with E-state index in [-0.39, 0.29) is 53.5 Å². The van der Waals surface area contributed by atoms with Gasteiger partial charge >= 0.3 is 0 Å². The van der Waals surface area contributed by atoms with E-state index >= 15 is 0 Å². The van der Waals surface area contributed by atoms with Crippen molar-refractivity contribution in [3.63, 3.8) is 0 Å². The number of carbonyl (C=O) groups excluding carboxylic acids is 3. The van der Waals surface area contributed by atoms with E-state index in [0.717, 1.165) is 31.2 Å². The van der Waals surface area contributed by atoms with E-state index in [1.165, 1.54) is 11.6 Å². The summed E-state index contributed by atoms with van der Waals surface area (Å²) in [4.78, 5) is 55.8. The molecule has 3 aliphatic rings. The second-order valence-corrected chi connectivity index (χ2v) is 13.7. The molecule has 1 aromatic carbocycles. The summed E-state index contributed by atoms with van der Waals surface area (Å²) in [5.74, 6) is 0.0343. The molecule has 0 radical (unpaired) electrons. The van der Waals surface area contributed by atoms with Crippen LogP contribution in [0.4, 0.5) is 10.2 Å². The summed E-state index contributed by atoms with van der Waals surface area (Å²) in [6, 6.07) is 6.26. The SMILES string of the molecule is CC(=O)c1nn(CC(=O)N2C3C[C@@]34CCC/C=C/COCc3ccc(Br)nc3NC(=O)[C@@H]2C4)c2c(CF)cc(-c3cnc(C)nc3)cc12. The number of nitrogens with zero attached hydrogens (tertiary/aromatic N) is 6. The lowest BCUT2D eigenvalue weighted by Crippen LogP contribution is -2.47. The largest absolute Gasteiger partial charge is 0.373 e. The van der Waals surface area contributed by atoms with Crippen molar-refractivity contribution < 1.29 is 23.5 Å². The van der Waals surface area contributed by atoms with Gasteiger partial charge in [-0.15, -0.1) is 0 Å². The second kappa shape index (κ2) is 12.9. The minimum absolute atomic E-state index is 0.0983. The van der Waals surface area contributed by atoms with E-state index in [1.54, 1.807) is 42.4 Å². The highest BCUT2D eigenvalue weighted by molar-refractivity contribution is 9.10. The third kappa shape index (κ3) is 6.05. The van der Waals surface area contributed by atoms with Gasteiger partial charge in [-0.25, -0.2) is 19.3 Å². The number of anilines is 1. The van der Waals surface area contributed by atoms with Crippen LogP contribution in [0.3, 0.4) is 0 Å². The number of hydrogen-bond donors (Lipinski definition) is 1. The van der Waals surface area contributed by atoms with Crippen molar-refractivity contribution in [1.82, 2.24) is 29.6 Å². The molecule has 2 amide bonds. The number of likely N-dealkylation sites (tertiary alicyclic amines) is 1. The highest BCUT2D eigenvalue weighted by atomic mass is 79.9. The monoisotopic (exact) mass is 715 g/mol. The molecule has 1 saturated heterocycles. The number of aryl methyl sites for hydroxylation is 1. The maximum atomic E-state index is 14.7. The minimum atomic E-state index is -0.838. The van der Waals surface area contributed by atoms with Gasteiger partial charge in [-0.2, -0.15) is 5.10 Å². The zero-order valence-electron chi connectivity index (χ0n) is 26.7. The van der Waals surface area contributed by atoms with Crippen LogP contribution < -0.4 is 5.32 Å². The number of ketones is 1. The Balaban J connectivity index is 1.23. The lowest BCUT2D eigenvalue weighted by Gasteiger charge is -2.27. The molecule has 1 spiro atoms. The highest BCUT2D eigenvalue weighted by Gasteiger charge is 2.66. The van der Waals surface area contributed by atoms with E-state index in [1.807, 2.05) is 12.1 Å². The van der Waals surface area contributed by atoms with Crippen LogP contribution in [0.15, 0.2) is 53.4 Å². The summed E-state index contributed by atoms with van der Waals surface area (Å²) in [6.07, 6.45) is 11.5. The number of nitrogens with one attached hydrogen (secondary N) is 1. The van der Waals surface area contributed by atoms with Gasteiger partial charge in [-0.05, 0) is 84.1 Å². The van der Waals surface area contributed by atoms with Crippen molar-refractivity contribution in [2.75, 3.05) is 11.9 Å². The number of halogens is 2. The van der Waals surface area contributed by atoms with Gasteiger partial charge in [0.25, 0.3) is 0 Å². The van der Waals surface area contributed by atoms with Crippen molar-refractivity contribution in [3.8, 4) is 11.1 Å². The quantitative estimate of drug-likeness (QED) is 0.154. The third-order valence-corrected chi connectivity index (χ3v) is 10.1. The zero-order chi connectivity index (χ0) is 33.6. The van der Waals surface area contributed by atoms with Gasteiger partial charge in [0.2, 0.25) is 11.8 Å². The van der Waals surface area contributed by atoms with E-state index < -0.39 is 12.7 Å². The summed E-state index contributed by atoms with van der Waals surface area (Å²) in [7, 11) is 0. The first-order valence-electron chi connectivity index (χ1n) is 16.1. The highest BCUT2D eigenvalue weighted by Crippen LogP contribution is 2.62. The Kier molecular flexibility index (Phi) is 8.67. The number of fused-ring (bicyclic) bond motifs is 3. The van der Waals surface area contributed by atoms with Crippen LogP contribution in [-0.2, 0) is 34.2 Å². The zero-order valence-corrected chi connectivity index (χ0v) is 28.3. The van der Waals surface area contributed by atoms with Crippen LogP contribution in [0.2, 0.25) is 0 Å². The molecule has 3 aromatic heterocycles. The molecule has 2 aliphatic heterocycles. The molecule has 1 unspecified atom stereocenters. The number of ether oxygens (including phenoxy) is 1. The van der Waals surface area contributed by atoms with Gasteiger partial charge in [0.05, 0.1) is 18.7 Å². The molecule has 1 N–H and O–H groups in total. The van der Waals surface area contributed by atoms with E-state index in [4.69, 9.17) is 4.74 Å². The summed E-state index contributed by atoms with van der Waals surface area (Å²) in [5.41, 5.74) is 2.69. The number of Topliss-reactive ketones (excluding diaryl/α,β-unsaturated/α-hetero) is 1. The number of pyridine rings is 1. The maximum Gasteiger partial charge on any atom is 0.248 e. The Morgan fingerprint density at radius 2 is 1.96 bits per heavy atom. The van der Waals surface area contributed by atoms with Crippen LogP contribution in [0.1, 0.15) is 66.5 Å². The van der Waals surface area contributed by atoms with E-state index in [0.29, 0.717) is 51.3 Å². The standard InChI is InChI=1S/C35H35BrFN7O4/c1-20(45)31-26-12-23(25-16-38-21(2)39-17-25)11-24(15-37)32(26)43(42-31)18-30(46)44-27-13-35(14-28(35)44)9-5-3-4-6-10-48-19-22-7-8-29(36)40-33(22)41-34(27)47/h4,6-8,11-12,16-17,27-28H,3,5,9-10,13-15,18-19H2,1-2H3,(H,40,41,47)/b6-4+/t27-,28?,35-/m0/s1. The second-order valence-electron chi connectivity index (χ2n) is 12.9. The number of benzene rings is 1. The average Bonchev–Trinajstić information content (AvgIpc) is 3.47. The van der Waals surface area contributed by atoms with Crippen LogP contribution in [0.25, 0.3) is 22.0 Å². The molecule has 5 heterocycles. The van der Waals surface area contributed by atoms with Crippen molar-refractivity contribution >= 4 is 50.2 Å². The summed E-state index contributed by atoms with van der Waals surface area (Å²) >= 11 is 3.40.